The van der Waals surface area contributed by atoms with Gasteiger partial charge in [0, 0.05) is 13.6 Å². The summed E-state index contributed by atoms with van der Waals surface area (Å²) in [5, 5.41) is 3.18. The number of amides is 2. The maximum Gasteiger partial charge on any atom is 0.253 e. The summed E-state index contributed by atoms with van der Waals surface area (Å²) in [7, 11) is 1.72. The van der Waals surface area contributed by atoms with Gasteiger partial charge in [-0.05, 0) is 35.7 Å². The van der Waals surface area contributed by atoms with Gasteiger partial charge in [-0.1, -0.05) is 43.6 Å². The summed E-state index contributed by atoms with van der Waals surface area (Å²) in [5.41, 5.74) is 1.27. The van der Waals surface area contributed by atoms with Crippen molar-refractivity contribution in [1.29, 1.82) is 0 Å². The molecule has 0 bridgehead atoms. The lowest BCUT2D eigenvalue weighted by atomic mass is 10.0. The fraction of sp³-hybridized carbons (Fsp3) is 0.364. The average molecular weight is 417 g/mol. The normalized spacial score (nSPS) is 13.7. The van der Waals surface area contributed by atoms with Crippen molar-refractivity contribution < 1.29 is 19.1 Å². The van der Waals surface area contributed by atoms with Crippen molar-refractivity contribution in [3.8, 4) is 11.5 Å². The number of nitrogens with zero attached hydrogens (tertiary/aromatic N) is 1. The Balaban J connectivity index is 1.70. The average Bonchev–Trinajstić information content (AvgIpc) is 2.71. The zero-order chi connectivity index (χ0) is 21.0. The number of carbonyl (C=O) groups is 2. The summed E-state index contributed by atoms with van der Waals surface area (Å²) < 4.78 is 11.1. The molecule has 1 atom stereocenters. The van der Waals surface area contributed by atoms with Crippen molar-refractivity contribution in [2.24, 2.45) is 5.92 Å². The first-order valence-corrected chi connectivity index (χ1v) is 9.93. The third kappa shape index (κ3) is 5.01. The van der Waals surface area contributed by atoms with Gasteiger partial charge in [-0.25, -0.2) is 0 Å². The largest absolute Gasteiger partial charge is 0.486 e. The van der Waals surface area contributed by atoms with Gasteiger partial charge in [-0.2, -0.15) is 0 Å². The maximum absolute atomic E-state index is 13.1. The first-order valence-electron chi connectivity index (χ1n) is 9.55. The van der Waals surface area contributed by atoms with Crippen LogP contribution in [0.5, 0.6) is 11.5 Å². The number of hydrogen-bond donors (Lipinski definition) is 1. The Labute approximate surface area is 175 Å². The van der Waals surface area contributed by atoms with Crippen LogP contribution in [-0.2, 0) is 11.3 Å². The van der Waals surface area contributed by atoms with Gasteiger partial charge in [0.05, 0.1) is 10.6 Å². The number of benzene rings is 2. The van der Waals surface area contributed by atoms with E-state index in [0.29, 0.717) is 41.8 Å². The van der Waals surface area contributed by atoms with E-state index in [0.717, 1.165) is 5.56 Å². The number of ether oxygens (including phenoxy) is 2. The first-order chi connectivity index (χ1) is 13.9. The number of fused-ring (bicyclic) bond motifs is 1. The molecule has 1 aliphatic rings. The fourth-order valence-corrected chi connectivity index (χ4v) is 3.37. The van der Waals surface area contributed by atoms with E-state index >= 15 is 0 Å². The minimum absolute atomic E-state index is 0.0864. The molecule has 1 unspecified atom stereocenters. The van der Waals surface area contributed by atoms with E-state index in [1.165, 1.54) is 0 Å². The molecule has 2 aromatic rings. The predicted octanol–water partition coefficient (Wildman–Crippen LogP) is 3.52. The van der Waals surface area contributed by atoms with E-state index in [9.17, 15) is 9.59 Å². The second-order valence-corrected chi connectivity index (χ2v) is 7.75. The van der Waals surface area contributed by atoms with Crippen molar-refractivity contribution in [3.05, 3.63) is 58.6 Å². The minimum Gasteiger partial charge on any atom is -0.486 e. The van der Waals surface area contributed by atoms with Gasteiger partial charge < -0.3 is 19.7 Å². The molecule has 0 spiro atoms. The lowest BCUT2D eigenvalue weighted by molar-refractivity contribution is -0.133. The number of carbonyl (C=O) groups excluding carboxylic acids is 2. The smallest absolute Gasteiger partial charge is 0.253 e. The van der Waals surface area contributed by atoms with Crippen LogP contribution >= 0.6 is 11.6 Å². The van der Waals surface area contributed by atoms with E-state index in [2.05, 4.69) is 5.32 Å². The Kier molecular flexibility index (Phi) is 6.64. The third-order valence-electron chi connectivity index (χ3n) is 4.74. The summed E-state index contributed by atoms with van der Waals surface area (Å²) in [6.45, 7) is 5.22. The Bertz CT molecular complexity index is 900. The zero-order valence-corrected chi connectivity index (χ0v) is 17.5. The van der Waals surface area contributed by atoms with Crippen LogP contribution in [0.25, 0.3) is 0 Å². The highest BCUT2D eigenvalue weighted by atomic mass is 35.5. The Morgan fingerprint density at radius 1 is 1.10 bits per heavy atom. The quantitative estimate of drug-likeness (QED) is 0.782. The second-order valence-electron chi connectivity index (χ2n) is 7.35. The molecule has 2 amide bonds. The van der Waals surface area contributed by atoms with Gasteiger partial charge >= 0.3 is 0 Å². The SMILES string of the molecule is CC(C)C(NC(=O)c1ccccc1Cl)C(=O)N(C)Cc1ccc2c(c1)OCCO2. The molecule has 1 N–H and O–H groups in total. The monoisotopic (exact) mass is 416 g/mol. The molecule has 0 saturated heterocycles. The highest BCUT2D eigenvalue weighted by Crippen LogP contribution is 2.31. The van der Waals surface area contributed by atoms with Crippen molar-refractivity contribution in [3.63, 3.8) is 0 Å². The van der Waals surface area contributed by atoms with Crippen LogP contribution in [0.4, 0.5) is 0 Å². The van der Waals surface area contributed by atoms with Crippen LogP contribution in [0.1, 0.15) is 29.8 Å². The van der Waals surface area contributed by atoms with Gasteiger partial charge in [0.1, 0.15) is 19.3 Å². The van der Waals surface area contributed by atoms with Gasteiger partial charge in [0.2, 0.25) is 5.91 Å². The van der Waals surface area contributed by atoms with Crippen LogP contribution in [0.2, 0.25) is 5.02 Å². The van der Waals surface area contributed by atoms with Gasteiger partial charge in [-0.3, -0.25) is 9.59 Å². The lowest BCUT2D eigenvalue weighted by Gasteiger charge is -2.27. The summed E-state index contributed by atoms with van der Waals surface area (Å²) >= 11 is 6.11. The van der Waals surface area contributed by atoms with Crippen molar-refractivity contribution in [2.45, 2.75) is 26.4 Å². The number of halogens is 1. The van der Waals surface area contributed by atoms with Crippen LogP contribution in [-0.4, -0.2) is 43.0 Å². The van der Waals surface area contributed by atoms with Gasteiger partial charge in [-0.15, -0.1) is 0 Å². The molecule has 154 valence electrons. The summed E-state index contributed by atoms with van der Waals surface area (Å²) in [6, 6.07) is 11.7. The number of rotatable bonds is 6. The lowest BCUT2D eigenvalue weighted by Crippen LogP contribution is -2.50. The van der Waals surface area contributed by atoms with Crippen LogP contribution in [0, 0.1) is 5.92 Å². The molecule has 0 saturated carbocycles. The zero-order valence-electron chi connectivity index (χ0n) is 16.8. The molecule has 0 fully saturated rings. The minimum atomic E-state index is -0.666. The molecule has 29 heavy (non-hydrogen) atoms. The molecule has 3 rings (SSSR count). The van der Waals surface area contributed by atoms with Crippen molar-refractivity contribution in [2.75, 3.05) is 20.3 Å². The molecular formula is C22H25ClN2O4. The molecule has 0 radical (unpaired) electrons. The number of likely N-dealkylation sites (N-methyl/N-ethyl adjacent to an activating group) is 1. The van der Waals surface area contributed by atoms with Crippen LogP contribution < -0.4 is 14.8 Å². The van der Waals surface area contributed by atoms with Gasteiger partial charge in [0.15, 0.2) is 11.5 Å². The second kappa shape index (κ2) is 9.18. The predicted molar refractivity (Wildman–Crippen MR) is 111 cm³/mol. The van der Waals surface area contributed by atoms with Crippen molar-refractivity contribution >= 4 is 23.4 Å². The Hall–Kier alpha value is -2.73. The highest BCUT2D eigenvalue weighted by molar-refractivity contribution is 6.33. The Morgan fingerprint density at radius 2 is 1.79 bits per heavy atom. The number of hydrogen-bond acceptors (Lipinski definition) is 4. The topological polar surface area (TPSA) is 67.9 Å². The van der Waals surface area contributed by atoms with E-state index in [1.54, 1.807) is 36.2 Å². The van der Waals surface area contributed by atoms with Crippen LogP contribution in [0.15, 0.2) is 42.5 Å². The van der Waals surface area contributed by atoms with E-state index in [1.807, 2.05) is 32.0 Å². The van der Waals surface area contributed by atoms with Crippen molar-refractivity contribution in [1.82, 2.24) is 10.2 Å². The molecule has 0 aliphatic carbocycles. The first kappa shape index (κ1) is 21.0. The molecule has 1 aliphatic heterocycles. The van der Waals surface area contributed by atoms with E-state index < -0.39 is 6.04 Å². The fourth-order valence-electron chi connectivity index (χ4n) is 3.15. The van der Waals surface area contributed by atoms with E-state index in [-0.39, 0.29) is 17.7 Å². The summed E-state index contributed by atoms with van der Waals surface area (Å²) in [4.78, 5) is 27.3. The molecule has 0 aromatic heterocycles. The standard InChI is InChI=1S/C22H25ClN2O4/c1-14(2)20(24-21(26)16-6-4-5-7-17(16)23)22(27)25(3)13-15-8-9-18-19(12-15)29-11-10-28-18/h4-9,12,14,20H,10-11,13H2,1-3H3,(H,24,26). The third-order valence-corrected chi connectivity index (χ3v) is 5.07. The molecule has 7 heteroatoms. The molecule has 2 aromatic carbocycles. The van der Waals surface area contributed by atoms with Gasteiger partial charge in [0.25, 0.3) is 5.91 Å². The maximum atomic E-state index is 13.1. The Morgan fingerprint density at radius 3 is 2.48 bits per heavy atom. The number of nitrogens with one attached hydrogen (secondary N) is 1. The molecular weight excluding hydrogens is 392 g/mol. The molecule has 1 heterocycles. The summed E-state index contributed by atoms with van der Waals surface area (Å²) in [6.07, 6.45) is 0. The summed E-state index contributed by atoms with van der Waals surface area (Å²) in [5.74, 6) is 0.769. The highest BCUT2D eigenvalue weighted by Gasteiger charge is 2.28. The van der Waals surface area contributed by atoms with Crippen LogP contribution in [0.3, 0.4) is 0 Å². The van der Waals surface area contributed by atoms with E-state index in [4.69, 9.17) is 21.1 Å². The molecule has 6 nitrogen and oxygen atoms in total.